The average Bonchev–Trinajstić information content (AvgIpc) is 3.01. The van der Waals surface area contributed by atoms with Crippen LogP contribution in [-0.2, 0) is 11.4 Å². The second kappa shape index (κ2) is 8.91. The van der Waals surface area contributed by atoms with Crippen molar-refractivity contribution in [2.45, 2.75) is 6.61 Å². The number of nitrogens with zero attached hydrogens (tertiary/aromatic N) is 1. The van der Waals surface area contributed by atoms with E-state index in [0.29, 0.717) is 26.5 Å². The van der Waals surface area contributed by atoms with Crippen molar-refractivity contribution in [2.24, 2.45) is 0 Å². The summed E-state index contributed by atoms with van der Waals surface area (Å²) in [5.74, 6) is -0.182. The van der Waals surface area contributed by atoms with Crippen LogP contribution in [0.4, 0.5) is 14.9 Å². The van der Waals surface area contributed by atoms with E-state index < -0.39 is 11.9 Å². The van der Waals surface area contributed by atoms with Crippen molar-refractivity contribution in [2.75, 3.05) is 4.90 Å². The molecule has 0 atom stereocenters. The van der Waals surface area contributed by atoms with Gasteiger partial charge in [0.25, 0.3) is 5.91 Å². The molecule has 0 radical (unpaired) electrons. The van der Waals surface area contributed by atoms with E-state index in [1.54, 1.807) is 60.7 Å². The predicted octanol–water partition coefficient (Wildman–Crippen LogP) is 5.92. The van der Waals surface area contributed by atoms with Crippen molar-refractivity contribution in [1.82, 2.24) is 5.32 Å². The summed E-state index contributed by atoms with van der Waals surface area (Å²) in [7, 11) is 0. The largest absolute Gasteiger partial charge is 0.488 e. The van der Waals surface area contributed by atoms with E-state index in [-0.39, 0.29) is 18.1 Å². The topological polar surface area (TPSA) is 58.6 Å². The fraction of sp³-hybridized carbons (Fsp3) is 0.0435. The Morgan fingerprint density at radius 1 is 1.06 bits per heavy atom. The highest BCUT2D eigenvalue weighted by Crippen LogP contribution is 2.29. The number of carbonyl (C=O) groups excluding carboxylic acids is 2. The van der Waals surface area contributed by atoms with Crippen LogP contribution in [0, 0.1) is 5.82 Å². The highest BCUT2D eigenvalue weighted by atomic mass is 79.9. The van der Waals surface area contributed by atoms with E-state index in [9.17, 15) is 14.0 Å². The van der Waals surface area contributed by atoms with Crippen LogP contribution in [-0.4, -0.2) is 11.9 Å². The standard InChI is InChI=1S/C23H15BrClFN2O3/c24-19-10-15(6-9-21(19)31-13-14-4-7-17(26)8-5-14)11-20-22(29)28(23(30)27-20)18-3-1-2-16(25)12-18/h1-12H,13H2,(H,27,30)/b20-11+. The Bertz CT molecular complexity index is 1200. The molecule has 1 heterocycles. The number of imide groups is 1. The van der Waals surface area contributed by atoms with Crippen molar-refractivity contribution >= 4 is 51.2 Å². The third kappa shape index (κ3) is 4.78. The molecule has 0 aliphatic carbocycles. The number of urea groups is 1. The maximum absolute atomic E-state index is 13.0. The lowest BCUT2D eigenvalue weighted by atomic mass is 10.1. The quantitative estimate of drug-likeness (QED) is 0.349. The molecule has 1 N–H and O–H groups in total. The van der Waals surface area contributed by atoms with Crippen LogP contribution < -0.4 is 15.0 Å². The number of hydrogen-bond acceptors (Lipinski definition) is 3. The van der Waals surface area contributed by atoms with Crippen molar-refractivity contribution in [1.29, 1.82) is 0 Å². The molecule has 0 aromatic heterocycles. The average molecular weight is 502 g/mol. The zero-order valence-corrected chi connectivity index (χ0v) is 18.3. The minimum Gasteiger partial charge on any atom is -0.488 e. The van der Waals surface area contributed by atoms with Gasteiger partial charge in [-0.3, -0.25) is 4.79 Å². The molecule has 0 saturated carbocycles. The zero-order chi connectivity index (χ0) is 22.0. The molecule has 0 bridgehead atoms. The summed E-state index contributed by atoms with van der Waals surface area (Å²) >= 11 is 9.42. The summed E-state index contributed by atoms with van der Waals surface area (Å²) in [5, 5.41) is 3.01. The van der Waals surface area contributed by atoms with Crippen LogP contribution in [0.5, 0.6) is 5.75 Å². The van der Waals surface area contributed by atoms with Gasteiger partial charge in [0.05, 0.1) is 10.2 Å². The molecular weight excluding hydrogens is 487 g/mol. The number of nitrogens with one attached hydrogen (secondary N) is 1. The van der Waals surface area contributed by atoms with E-state index in [1.165, 1.54) is 12.1 Å². The van der Waals surface area contributed by atoms with Crippen LogP contribution in [0.1, 0.15) is 11.1 Å². The Morgan fingerprint density at radius 2 is 1.84 bits per heavy atom. The molecule has 5 nitrogen and oxygen atoms in total. The lowest BCUT2D eigenvalue weighted by molar-refractivity contribution is -0.113. The van der Waals surface area contributed by atoms with Crippen molar-refractivity contribution in [3.8, 4) is 5.75 Å². The molecular formula is C23H15BrClFN2O3. The summed E-state index contributed by atoms with van der Waals surface area (Å²) in [5.41, 5.74) is 2.07. The van der Waals surface area contributed by atoms with Gasteiger partial charge in [0, 0.05) is 5.02 Å². The molecule has 4 rings (SSSR count). The van der Waals surface area contributed by atoms with E-state index in [4.69, 9.17) is 16.3 Å². The lowest BCUT2D eigenvalue weighted by Crippen LogP contribution is -2.30. The molecule has 3 aromatic carbocycles. The van der Waals surface area contributed by atoms with Gasteiger partial charge in [0.15, 0.2) is 0 Å². The summed E-state index contributed by atoms with van der Waals surface area (Å²) in [6.07, 6.45) is 1.58. The lowest BCUT2D eigenvalue weighted by Gasteiger charge is -2.11. The second-order valence-electron chi connectivity index (χ2n) is 6.71. The van der Waals surface area contributed by atoms with Crippen molar-refractivity contribution < 1.29 is 18.7 Å². The van der Waals surface area contributed by atoms with E-state index in [1.807, 2.05) is 0 Å². The van der Waals surface area contributed by atoms with Crippen molar-refractivity contribution in [3.05, 3.63) is 98.9 Å². The molecule has 156 valence electrons. The number of carbonyl (C=O) groups is 2. The summed E-state index contributed by atoms with van der Waals surface area (Å²) in [4.78, 5) is 26.1. The number of hydrogen-bond donors (Lipinski definition) is 1. The summed E-state index contributed by atoms with van der Waals surface area (Å²) in [6.45, 7) is 0.280. The third-order valence-corrected chi connectivity index (χ3v) is 5.37. The Kier molecular flexibility index (Phi) is 6.06. The first-order chi connectivity index (χ1) is 14.9. The maximum Gasteiger partial charge on any atom is 0.333 e. The fourth-order valence-electron chi connectivity index (χ4n) is 3.02. The van der Waals surface area contributed by atoms with Crippen LogP contribution in [0.15, 0.2) is 76.9 Å². The number of ether oxygens (including phenoxy) is 1. The second-order valence-corrected chi connectivity index (χ2v) is 8.00. The zero-order valence-electron chi connectivity index (χ0n) is 15.9. The smallest absolute Gasteiger partial charge is 0.333 e. The molecule has 3 amide bonds. The molecule has 31 heavy (non-hydrogen) atoms. The Labute approximate surface area is 191 Å². The fourth-order valence-corrected chi connectivity index (χ4v) is 3.71. The number of rotatable bonds is 5. The monoisotopic (exact) mass is 500 g/mol. The molecule has 3 aromatic rings. The van der Waals surface area contributed by atoms with E-state index in [0.717, 1.165) is 10.5 Å². The molecule has 1 fully saturated rings. The highest BCUT2D eigenvalue weighted by Gasteiger charge is 2.34. The molecule has 0 unspecified atom stereocenters. The van der Waals surface area contributed by atoms with Gasteiger partial charge in [-0.15, -0.1) is 0 Å². The Morgan fingerprint density at radius 3 is 2.55 bits per heavy atom. The van der Waals surface area contributed by atoms with Gasteiger partial charge in [-0.05, 0) is 75.6 Å². The van der Waals surface area contributed by atoms with Crippen LogP contribution in [0.3, 0.4) is 0 Å². The molecule has 0 spiro atoms. The van der Waals surface area contributed by atoms with Crippen molar-refractivity contribution in [3.63, 3.8) is 0 Å². The van der Waals surface area contributed by atoms with Gasteiger partial charge >= 0.3 is 6.03 Å². The van der Waals surface area contributed by atoms with Gasteiger partial charge in [0.1, 0.15) is 23.9 Å². The van der Waals surface area contributed by atoms with Gasteiger partial charge in [-0.25, -0.2) is 14.1 Å². The first kappa shape index (κ1) is 21.1. The molecule has 1 aliphatic heterocycles. The number of anilines is 1. The number of benzene rings is 3. The summed E-state index contributed by atoms with van der Waals surface area (Å²) in [6, 6.07) is 17.3. The number of amides is 3. The van der Waals surface area contributed by atoms with E-state index in [2.05, 4.69) is 21.2 Å². The number of halogens is 3. The third-order valence-electron chi connectivity index (χ3n) is 4.52. The molecule has 1 saturated heterocycles. The Balaban J connectivity index is 1.49. The minimum absolute atomic E-state index is 0.150. The summed E-state index contributed by atoms with van der Waals surface area (Å²) < 4.78 is 19.4. The van der Waals surface area contributed by atoms with Crippen LogP contribution >= 0.6 is 27.5 Å². The predicted molar refractivity (Wildman–Crippen MR) is 120 cm³/mol. The molecule has 8 heteroatoms. The SMILES string of the molecule is O=C1N/C(=C/c2ccc(OCc3ccc(F)cc3)c(Br)c2)C(=O)N1c1cccc(Cl)c1. The molecule has 1 aliphatic rings. The highest BCUT2D eigenvalue weighted by molar-refractivity contribution is 9.10. The van der Waals surface area contributed by atoms with E-state index >= 15 is 0 Å². The normalized spacial score (nSPS) is 14.8. The van der Waals surface area contributed by atoms with Gasteiger partial charge in [0.2, 0.25) is 0 Å². The van der Waals surface area contributed by atoms with Crippen LogP contribution in [0.25, 0.3) is 6.08 Å². The Hall–Kier alpha value is -3.16. The van der Waals surface area contributed by atoms with Crippen LogP contribution in [0.2, 0.25) is 5.02 Å². The first-order valence-corrected chi connectivity index (χ1v) is 10.4. The van der Waals surface area contributed by atoms with Gasteiger partial charge < -0.3 is 10.1 Å². The first-order valence-electron chi connectivity index (χ1n) is 9.20. The van der Waals surface area contributed by atoms with Gasteiger partial charge in [-0.1, -0.05) is 35.9 Å². The maximum atomic E-state index is 13.0. The van der Waals surface area contributed by atoms with Gasteiger partial charge in [-0.2, -0.15) is 0 Å². The minimum atomic E-state index is -0.545.